The molecule has 0 bridgehead atoms. The Morgan fingerprint density at radius 1 is 1.65 bits per heavy atom. The van der Waals surface area contributed by atoms with Gasteiger partial charge in [0.2, 0.25) is 0 Å². The third kappa shape index (κ3) is 4.66. The average Bonchev–Trinajstić information content (AvgIpc) is 2.64. The van der Waals surface area contributed by atoms with Crippen LogP contribution in [0.2, 0.25) is 0 Å². The molecule has 0 radical (unpaired) electrons. The number of nitrogens with zero attached hydrogens (tertiary/aromatic N) is 2. The molecule has 0 saturated carbocycles. The highest BCUT2D eigenvalue weighted by Gasteiger charge is 2.11. The summed E-state index contributed by atoms with van der Waals surface area (Å²) in [6.45, 7) is 9.08. The molecule has 0 aromatic carbocycles. The number of carbonyl (C=O) groups excluding carboxylic acids is 1. The molecule has 0 aliphatic heterocycles. The number of esters is 1. The molecule has 0 atom stereocenters. The molecule has 1 aromatic heterocycles. The van der Waals surface area contributed by atoms with Crippen LogP contribution in [0.15, 0.2) is 17.5 Å². The normalized spacial score (nSPS) is 10.6. The summed E-state index contributed by atoms with van der Waals surface area (Å²) in [6, 6.07) is 0. The SMILES string of the molecule is C=C(CN(C)Cc1csc(C)n1)C(=O)OCC. The first-order valence-electron chi connectivity index (χ1n) is 5.47. The number of rotatable bonds is 6. The van der Waals surface area contributed by atoms with Gasteiger partial charge in [-0.05, 0) is 20.9 Å². The highest BCUT2D eigenvalue weighted by Crippen LogP contribution is 2.10. The first-order valence-corrected chi connectivity index (χ1v) is 6.35. The second-order valence-corrected chi connectivity index (χ2v) is 4.92. The lowest BCUT2D eigenvalue weighted by atomic mass is 10.3. The maximum absolute atomic E-state index is 11.4. The number of ether oxygens (including phenoxy) is 1. The van der Waals surface area contributed by atoms with Gasteiger partial charge < -0.3 is 4.74 Å². The number of thiazole rings is 1. The molecule has 0 aliphatic rings. The maximum atomic E-state index is 11.4. The Balaban J connectivity index is 2.41. The fourth-order valence-electron chi connectivity index (χ4n) is 1.44. The summed E-state index contributed by atoms with van der Waals surface area (Å²) in [5.74, 6) is -0.325. The minimum absolute atomic E-state index is 0.325. The Kier molecular flexibility index (Phi) is 5.31. The quantitative estimate of drug-likeness (QED) is 0.575. The van der Waals surface area contributed by atoms with Crippen LogP contribution < -0.4 is 0 Å². The average molecular weight is 254 g/mol. The second kappa shape index (κ2) is 6.51. The van der Waals surface area contributed by atoms with E-state index in [0.717, 1.165) is 10.7 Å². The van der Waals surface area contributed by atoms with Gasteiger partial charge in [0, 0.05) is 24.0 Å². The summed E-state index contributed by atoms with van der Waals surface area (Å²) in [6.07, 6.45) is 0. The summed E-state index contributed by atoms with van der Waals surface area (Å²) in [7, 11) is 1.93. The molecule has 0 saturated heterocycles. The molecule has 1 aromatic rings. The van der Waals surface area contributed by atoms with E-state index in [1.54, 1.807) is 18.3 Å². The van der Waals surface area contributed by atoms with Gasteiger partial charge in [0.25, 0.3) is 0 Å². The molecule has 0 unspecified atom stereocenters. The van der Waals surface area contributed by atoms with E-state index in [2.05, 4.69) is 11.6 Å². The van der Waals surface area contributed by atoms with Gasteiger partial charge >= 0.3 is 5.97 Å². The van der Waals surface area contributed by atoms with Crippen LogP contribution in [0.1, 0.15) is 17.6 Å². The zero-order valence-corrected chi connectivity index (χ0v) is 11.3. The van der Waals surface area contributed by atoms with Crippen LogP contribution in [0.3, 0.4) is 0 Å². The van der Waals surface area contributed by atoms with Gasteiger partial charge in [-0.3, -0.25) is 4.90 Å². The van der Waals surface area contributed by atoms with Crippen LogP contribution in [0, 0.1) is 6.92 Å². The van der Waals surface area contributed by atoms with E-state index in [1.165, 1.54) is 0 Å². The van der Waals surface area contributed by atoms with Gasteiger partial charge in [-0.15, -0.1) is 11.3 Å². The molecule has 17 heavy (non-hydrogen) atoms. The van der Waals surface area contributed by atoms with Gasteiger partial charge in [0.15, 0.2) is 0 Å². The monoisotopic (exact) mass is 254 g/mol. The lowest BCUT2D eigenvalue weighted by molar-refractivity contribution is -0.138. The number of likely N-dealkylation sites (N-methyl/N-ethyl adjacent to an activating group) is 1. The number of aryl methyl sites for hydroxylation is 1. The predicted octanol–water partition coefficient (Wildman–Crippen LogP) is 2.00. The van der Waals surface area contributed by atoms with Crippen LogP contribution in [-0.4, -0.2) is 36.1 Å². The van der Waals surface area contributed by atoms with Crippen molar-refractivity contribution in [3.63, 3.8) is 0 Å². The van der Waals surface area contributed by atoms with E-state index < -0.39 is 0 Å². The van der Waals surface area contributed by atoms with Crippen molar-refractivity contribution in [3.8, 4) is 0 Å². The smallest absolute Gasteiger partial charge is 0.334 e. The van der Waals surface area contributed by atoms with E-state index in [9.17, 15) is 4.79 Å². The van der Waals surface area contributed by atoms with Crippen molar-refractivity contribution < 1.29 is 9.53 Å². The summed E-state index contributed by atoms with van der Waals surface area (Å²) >= 11 is 1.63. The molecular formula is C12H18N2O2S. The van der Waals surface area contributed by atoms with Crippen molar-refractivity contribution in [2.45, 2.75) is 20.4 Å². The number of carbonyl (C=O) groups is 1. The summed E-state index contributed by atoms with van der Waals surface area (Å²) in [4.78, 5) is 17.7. The summed E-state index contributed by atoms with van der Waals surface area (Å²) in [5.41, 5.74) is 1.49. The minimum atomic E-state index is -0.325. The second-order valence-electron chi connectivity index (χ2n) is 3.85. The topological polar surface area (TPSA) is 42.4 Å². The van der Waals surface area contributed by atoms with E-state index >= 15 is 0 Å². The van der Waals surface area contributed by atoms with Crippen molar-refractivity contribution in [1.82, 2.24) is 9.88 Å². The zero-order valence-electron chi connectivity index (χ0n) is 10.5. The molecule has 0 spiro atoms. The van der Waals surface area contributed by atoms with Crippen LogP contribution in [0.25, 0.3) is 0 Å². The predicted molar refractivity (Wildman–Crippen MR) is 69.0 cm³/mol. The van der Waals surface area contributed by atoms with Gasteiger partial charge in [-0.2, -0.15) is 0 Å². The van der Waals surface area contributed by atoms with Crippen molar-refractivity contribution in [1.29, 1.82) is 0 Å². The Morgan fingerprint density at radius 2 is 2.35 bits per heavy atom. The molecule has 0 aliphatic carbocycles. The van der Waals surface area contributed by atoms with Crippen LogP contribution >= 0.6 is 11.3 Å². The van der Waals surface area contributed by atoms with Gasteiger partial charge in [0.1, 0.15) is 0 Å². The molecule has 0 amide bonds. The standard InChI is InChI=1S/C12H18N2O2S/c1-5-16-12(15)9(2)6-14(4)7-11-8-17-10(3)13-11/h8H,2,5-7H2,1,3-4H3. The van der Waals surface area contributed by atoms with Crippen molar-refractivity contribution in [2.75, 3.05) is 20.2 Å². The fraction of sp³-hybridized carbons (Fsp3) is 0.500. The largest absolute Gasteiger partial charge is 0.463 e. The Labute approximate surface area is 106 Å². The number of hydrogen-bond acceptors (Lipinski definition) is 5. The van der Waals surface area contributed by atoms with Crippen molar-refractivity contribution >= 4 is 17.3 Å². The van der Waals surface area contributed by atoms with Gasteiger partial charge in [-0.1, -0.05) is 6.58 Å². The molecule has 4 nitrogen and oxygen atoms in total. The Bertz CT molecular complexity index is 401. The van der Waals surface area contributed by atoms with Crippen molar-refractivity contribution in [3.05, 3.63) is 28.2 Å². The highest BCUT2D eigenvalue weighted by molar-refractivity contribution is 7.09. The molecule has 0 fully saturated rings. The highest BCUT2D eigenvalue weighted by atomic mass is 32.1. The van der Waals surface area contributed by atoms with Gasteiger partial charge in [0.05, 0.1) is 17.3 Å². The number of aromatic nitrogens is 1. The number of hydrogen-bond donors (Lipinski definition) is 0. The fourth-order valence-corrected chi connectivity index (χ4v) is 2.04. The van der Waals surface area contributed by atoms with E-state index in [-0.39, 0.29) is 5.97 Å². The Hall–Kier alpha value is -1.20. The molecule has 94 valence electrons. The lowest BCUT2D eigenvalue weighted by Gasteiger charge is -2.15. The first kappa shape index (κ1) is 13.9. The summed E-state index contributed by atoms with van der Waals surface area (Å²) in [5, 5.41) is 3.08. The van der Waals surface area contributed by atoms with E-state index in [1.807, 2.05) is 24.3 Å². The van der Waals surface area contributed by atoms with E-state index in [0.29, 0.717) is 25.3 Å². The molecule has 1 rings (SSSR count). The molecular weight excluding hydrogens is 236 g/mol. The molecule has 0 N–H and O–H groups in total. The van der Waals surface area contributed by atoms with Crippen molar-refractivity contribution in [2.24, 2.45) is 0 Å². The van der Waals surface area contributed by atoms with E-state index in [4.69, 9.17) is 4.74 Å². The third-order valence-electron chi connectivity index (χ3n) is 2.12. The van der Waals surface area contributed by atoms with Crippen LogP contribution in [0.5, 0.6) is 0 Å². The first-order chi connectivity index (χ1) is 8.02. The summed E-state index contributed by atoms with van der Waals surface area (Å²) < 4.78 is 4.88. The third-order valence-corrected chi connectivity index (χ3v) is 2.95. The lowest BCUT2D eigenvalue weighted by Crippen LogP contribution is -2.24. The Morgan fingerprint density at radius 3 is 2.88 bits per heavy atom. The molecule has 1 heterocycles. The van der Waals surface area contributed by atoms with Crippen LogP contribution in [-0.2, 0) is 16.1 Å². The zero-order chi connectivity index (χ0) is 12.8. The van der Waals surface area contributed by atoms with Gasteiger partial charge in [-0.25, -0.2) is 9.78 Å². The minimum Gasteiger partial charge on any atom is -0.463 e. The van der Waals surface area contributed by atoms with Crippen LogP contribution in [0.4, 0.5) is 0 Å². The molecule has 5 heteroatoms. The maximum Gasteiger partial charge on any atom is 0.334 e.